The van der Waals surface area contributed by atoms with Crippen LogP contribution >= 0.6 is 34.4 Å². The number of aryl methyl sites for hydroxylation is 1. The van der Waals surface area contributed by atoms with Gasteiger partial charge < -0.3 is 4.57 Å². The number of nitrogens with zero attached hydrogens (tertiary/aromatic N) is 6. The number of carbonyl (C=O) groups is 1. The molecular formula is C16H15N7O2S3. The molecule has 4 aromatic rings. The lowest BCUT2D eigenvalue weighted by Gasteiger charge is -2.05. The van der Waals surface area contributed by atoms with Crippen molar-refractivity contribution >= 4 is 55.7 Å². The van der Waals surface area contributed by atoms with Crippen LogP contribution in [0.5, 0.6) is 0 Å². The van der Waals surface area contributed by atoms with E-state index in [1.54, 1.807) is 9.13 Å². The number of carbonyl (C=O) groups excluding carboxylic acids is 1. The standard InChI is InChI=1S/C16H15N7O2S3/c1-9-18-20-14(27-9)17-13(24)8-26-15-21-19-12(22(15)2)7-23-10-5-3-4-6-11(10)28-16(23)25/h3-6H,7-8H2,1-2H3,(H,17,20,24). The fourth-order valence-corrected chi connectivity index (χ4v) is 4.77. The third-order valence-corrected chi connectivity index (χ3v) is 6.64. The van der Waals surface area contributed by atoms with E-state index in [4.69, 9.17) is 0 Å². The summed E-state index contributed by atoms with van der Waals surface area (Å²) in [5.41, 5.74) is 0.876. The fourth-order valence-electron chi connectivity index (χ4n) is 2.55. The van der Waals surface area contributed by atoms with Gasteiger partial charge in [-0.2, -0.15) is 0 Å². The summed E-state index contributed by atoms with van der Waals surface area (Å²) < 4.78 is 4.42. The van der Waals surface area contributed by atoms with Crippen LogP contribution in [0.3, 0.4) is 0 Å². The minimum absolute atomic E-state index is 0.0369. The lowest BCUT2D eigenvalue weighted by molar-refractivity contribution is -0.113. The van der Waals surface area contributed by atoms with E-state index in [0.717, 1.165) is 15.2 Å². The van der Waals surface area contributed by atoms with Crippen LogP contribution in [0.4, 0.5) is 5.13 Å². The molecule has 0 unspecified atom stereocenters. The summed E-state index contributed by atoms with van der Waals surface area (Å²) in [5, 5.41) is 20.6. The van der Waals surface area contributed by atoms with Gasteiger partial charge in [-0.25, -0.2) is 0 Å². The fraction of sp³-hybridized carbons (Fsp3) is 0.250. The van der Waals surface area contributed by atoms with Gasteiger partial charge in [0.2, 0.25) is 11.0 Å². The number of para-hydroxylation sites is 1. The van der Waals surface area contributed by atoms with Gasteiger partial charge in [0.15, 0.2) is 11.0 Å². The van der Waals surface area contributed by atoms with Crippen molar-refractivity contribution in [3.8, 4) is 0 Å². The first-order valence-corrected chi connectivity index (χ1v) is 10.8. The number of hydrogen-bond donors (Lipinski definition) is 1. The lowest BCUT2D eigenvalue weighted by atomic mass is 10.3. The van der Waals surface area contributed by atoms with Gasteiger partial charge in [-0.15, -0.1) is 20.4 Å². The SMILES string of the molecule is Cc1nnc(NC(=O)CSc2nnc(Cn3c(=O)sc4ccccc43)n2C)s1. The van der Waals surface area contributed by atoms with E-state index in [0.29, 0.717) is 22.7 Å². The van der Waals surface area contributed by atoms with Gasteiger partial charge in [-0.3, -0.25) is 19.5 Å². The molecule has 4 rings (SSSR count). The van der Waals surface area contributed by atoms with Crippen molar-refractivity contribution < 1.29 is 4.79 Å². The highest BCUT2D eigenvalue weighted by atomic mass is 32.2. The van der Waals surface area contributed by atoms with Gasteiger partial charge >= 0.3 is 4.87 Å². The predicted molar refractivity (Wildman–Crippen MR) is 110 cm³/mol. The van der Waals surface area contributed by atoms with Crippen molar-refractivity contribution in [1.82, 2.24) is 29.5 Å². The van der Waals surface area contributed by atoms with E-state index >= 15 is 0 Å². The average Bonchev–Trinajstić information content (AvgIpc) is 3.33. The highest BCUT2D eigenvalue weighted by molar-refractivity contribution is 7.99. The van der Waals surface area contributed by atoms with E-state index < -0.39 is 0 Å². The highest BCUT2D eigenvalue weighted by Crippen LogP contribution is 2.20. The molecule has 12 heteroatoms. The first-order valence-electron chi connectivity index (χ1n) is 8.20. The molecule has 1 N–H and O–H groups in total. The number of hydrogen-bond acceptors (Lipinski definition) is 9. The second-order valence-corrected chi connectivity index (χ2v) is 8.96. The third kappa shape index (κ3) is 3.84. The first-order chi connectivity index (χ1) is 13.5. The third-order valence-electron chi connectivity index (χ3n) is 3.90. The predicted octanol–water partition coefficient (Wildman–Crippen LogP) is 2.13. The number of aromatic nitrogens is 6. The Morgan fingerprint density at radius 2 is 2.00 bits per heavy atom. The number of anilines is 1. The molecule has 1 aromatic carbocycles. The number of thiazole rings is 1. The number of thioether (sulfide) groups is 1. The molecule has 0 spiro atoms. The van der Waals surface area contributed by atoms with Crippen LogP contribution < -0.4 is 10.2 Å². The molecule has 1 amide bonds. The molecule has 28 heavy (non-hydrogen) atoms. The molecule has 0 saturated heterocycles. The van der Waals surface area contributed by atoms with Gasteiger partial charge in [0, 0.05) is 7.05 Å². The number of nitrogens with one attached hydrogen (secondary N) is 1. The van der Waals surface area contributed by atoms with Crippen molar-refractivity contribution in [2.24, 2.45) is 7.05 Å². The van der Waals surface area contributed by atoms with E-state index in [1.165, 1.54) is 34.4 Å². The minimum atomic E-state index is -0.189. The molecule has 3 heterocycles. The van der Waals surface area contributed by atoms with Gasteiger partial charge in [-0.1, -0.05) is 46.6 Å². The second kappa shape index (κ2) is 7.81. The molecule has 0 bridgehead atoms. The summed E-state index contributed by atoms with van der Waals surface area (Å²) in [6, 6.07) is 7.65. The van der Waals surface area contributed by atoms with Crippen molar-refractivity contribution in [2.75, 3.05) is 11.1 Å². The molecule has 144 valence electrons. The molecule has 0 saturated carbocycles. The average molecular weight is 434 g/mol. The highest BCUT2D eigenvalue weighted by Gasteiger charge is 2.15. The van der Waals surface area contributed by atoms with Gasteiger partial charge in [0.1, 0.15) is 5.01 Å². The Balaban J connectivity index is 1.44. The van der Waals surface area contributed by atoms with Crippen LogP contribution in [0.1, 0.15) is 10.8 Å². The second-order valence-electron chi connectivity index (χ2n) is 5.84. The van der Waals surface area contributed by atoms with Crippen molar-refractivity contribution in [2.45, 2.75) is 18.6 Å². The monoisotopic (exact) mass is 433 g/mol. The number of amides is 1. The van der Waals surface area contributed by atoms with E-state index in [2.05, 4.69) is 25.7 Å². The molecule has 0 atom stereocenters. The Labute approximate surface area is 171 Å². The summed E-state index contributed by atoms with van der Waals surface area (Å²) >= 11 is 3.80. The largest absolute Gasteiger partial charge is 0.308 e. The quantitative estimate of drug-likeness (QED) is 0.464. The minimum Gasteiger partial charge on any atom is -0.308 e. The topological polar surface area (TPSA) is 108 Å². The summed E-state index contributed by atoms with van der Waals surface area (Å²) in [5.74, 6) is 0.630. The smallest absolute Gasteiger partial charge is 0.308 e. The van der Waals surface area contributed by atoms with Crippen molar-refractivity contribution in [3.05, 3.63) is 44.8 Å². The van der Waals surface area contributed by atoms with Crippen LogP contribution in [0.25, 0.3) is 10.2 Å². The molecule has 0 aliphatic rings. The Hall–Kier alpha value is -2.57. The van der Waals surface area contributed by atoms with Crippen LogP contribution in [0.15, 0.2) is 34.2 Å². The zero-order valence-electron chi connectivity index (χ0n) is 14.9. The number of rotatable bonds is 6. The Morgan fingerprint density at radius 3 is 2.79 bits per heavy atom. The molecule has 0 aliphatic heterocycles. The van der Waals surface area contributed by atoms with E-state index in [9.17, 15) is 9.59 Å². The first kappa shape index (κ1) is 18.8. The number of benzene rings is 1. The Bertz CT molecular complexity index is 1210. The van der Waals surface area contributed by atoms with Crippen LogP contribution in [0.2, 0.25) is 0 Å². The van der Waals surface area contributed by atoms with Crippen LogP contribution in [-0.4, -0.2) is 41.2 Å². The molecular weight excluding hydrogens is 418 g/mol. The molecule has 0 fully saturated rings. The molecule has 0 radical (unpaired) electrons. The van der Waals surface area contributed by atoms with Crippen LogP contribution in [-0.2, 0) is 18.4 Å². The molecule has 9 nitrogen and oxygen atoms in total. The summed E-state index contributed by atoms with van der Waals surface area (Å²) in [4.78, 5) is 24.3. The Morgan fingerprint density at radius 1 is 1.18 bits per heavy atom. The van der Waals surface area contributed by atoms with Gasteiger partial charge in [0.25, 0.3) is 0 Å². The summed E-state index contributed by atoms with van der Waals surface area (Å²) in [6.45, 7) is 2.15. The van der Waals surface area contributed by atoms with E-state index in [1.807, 2.05) is 38.2 Å². The Kier molecular flexibility index (Phi) is 5.24. The van der Waals surface area contributed by atoms with Crippen molar-refractivity contribution in [1.29, 1.82) is 0 Å². The van der Waals surface area contributed by atoms with Gasteiger partial charge in [-0.05, 0) is 19.1 Å². The maximum Gasteiger partial charge on any atom is 0.308 e. The zero-order valence-corrected chi connectivity index (χ0v) is 17.4. The van der Waals surface area contributed by atoms with Gasteiger partial charge in [0.05, 0.1) is 22.5 Å². The maximum atomic E-state index is 12.3. The van der Waals surface area contributed by atoms with Crippen LogP contribution in [0, 0.1) is 6.92 Å². The summed E-state index contributed by atoms with van der Waals surface area (Å²) in [6.07, 6.45) is 0. The van der Waals surface area contributed by atoms with Crippen molar-refractivity contribution in [3.63, 3.8) is 0 Å². The maximum absolute atomic E-state index is 12.3. The summed E-state index contributed by atoms with van der Waals surface area (Å²) in [7, 11) is 1.82. The van der Waals surface area contributed by atoms with E-state index in [-0.39, 0.29) is 16.5 Å². The zero-order chi connectivity index (χ0) is 19.7. The lowest BCUT2D eigenvalue weighted by Crippen LogP contribution is -2.16. The normalized spacial score (nSPS) is 11.2. The number of fused-ring (bicyclic) bond motifs is 1. The molecule has 0 aliphatic carbocycles. The molecule has 3 aromatic heterocycles.